The Labute approximate surface area is 159 Å². The Morgan fingerprint density at radius 1 is 0.960 bits per heavy atom. The first-order valence-corrected chi connectivity index (χ1v) is 10.2. The molecule has 0 radical (unpaired) electrons. The second-order valence-corrected chi connectivity index (χ2v) is 7.68. The number of benzene rings is 2. The number of rotatable bonds is 8. The van der Waals surface area contributed by atoms with E-state index in [1.54, 1.807) is 0 Å². The van der Waals surface area contributed by atoms with Gasteiger partial charge in [0.25, 0.3) is 0 Å². The first-order chi connectivity index (χ1) is 12.3. The van der Waals surface area contributed by atoms with Gasteiger partial charge in [0, 0.05) is 54.1 Å². The molecule has 3 rings (SSSR count). The first kappa shape index (κ1) is 18.6. The lowest BCUT2D eigenvalue weighted by atomic mass is 10.3. The lowest BCUT2D eigenvalue weighted by Gasteiger charge is -2.31. The molecule has 0 N–H and O–H groups in total. The molecule has 0 amide bonds. The van der Waals surface area contributed by atoms with Gasteiger partial charge in [-0.3, -0.25) is 4.90 Å². The molecule has 25 heavy (non-hydrogen) atoms. The number of para-hydroxylation sites is 1. The number of thioether (sulfide) groups is 1. The molecule has 0 saturated carbocycles. The number of halogens is 1. The number of morpholine rings is 1. The summed E-state index contributed by atoms with van der Waals surface area (Å²) in [5, 5.41) is 0.792. The van der Waals surface area contributed by atoms with E-state index in [1.807, 2.05) is 23.9 Å². The summed E-state index contributed by atoms with van der Waals surface area (Å²) in [6.45, 7) is 6.97. The van der Waals surface area contributed by atoms with E-state index in [2.05, 4.69) is 52.3 Å². The third-order valence-electron chi connectivity index (χ3n) is 4.35. The summed E-state index contributed by atoms with van der Waals surface area (Å²) in [5.41, 5.74) is 1.30. The normalized spacial score (nSPS) is 15.2. The molecule has 0 unspecified atom stereocenters. The summed E-state index contributed by atoms with van der Waals surface area (Å²) >= 11 is 7.84. The Morgan fingerprint density at radius 3 is 2.40 bits per heavy atom. The van der Waals surface area contributed by atoms with E-state index < -0.39 is 0 Å². The van der Waals surface area contributed by atoms with Crippen LogP contribution in [0, 0.1) is 0 Å². The van der Waals surface area contributed by atoms with Gasteiger partial charge in [-0.05, 0) is 36.4 Å². The van der Waals surface area contributed by atoms with Crippen LogP contribution in [-0.2, 0) is 4.74 Å². The molecule has 1 heterocycles. The Morgan fingerprint density at radius 2 is 1.68 bits per heavy atom. The molecule has 1 saturated heterocycles. The van der Waals surface area contributed by atoms with Gasteiger partial charge in [0.05, 0.1) is 13.2 Å². The van der Waals surface area contributed by atoms with Gasteiger partial charge in [-0.15, -0.1) is 11.8 Å². The monoisotopic (exact) mass is 376 g/mol. The van der Waals surface area contributed by atoms with Crippen LogP contribution < -0.4 is 4.90 Å². The molecule has 0 aromatic heterocycles. The minimum absolute atomic E-state index is 0.792. The van der Waals surface area contributed by atoms with Gasteiger partial charge < -0.3 is 9.64 Å². The third kappa shape index (κ3) is 6.23. The summed E-state index contributed by atoms with van der Waals surface area (Å²) < 4.78 is 5.45. The molecule has 134 valence electrons. The molecule has 3 nitrogen and oxygen atoms in total. The molecule has 0 aliphatic carbocycles. The number of hydrogen-bond donors (Lipinski definition) is 0. The summed E-state index contributed by atoms with van der Waals surface area (Å²) in [6.07, 6.45) is 0. The van der Waals surface area contributed by atoms with Gasteiger partial charge in [-0.1, -0.05) is 29.8 Å². The van der Waals surface area contributed by atoms with Gasteiger partial charge in [-0.2, -0.15) is 0 Å². The highest BCUT2D eigenvalue weighted by Crippen LogP contribution is 2.21. The second-order valence-electron chi connectivity index (χ2n) is 6.08. The zero-order valence-corrected chi connectivity index (χ0v) is 16.0. The van der Waals surface area contributed by atoms with Crippen molar-refractivity contribution in [3.8, 4) is 0 Å². The van der Waals surface area contributed by atoms with Crippen molar-refractivity contribution in [2.75, 3.05) is 56.6 Å². The fourth-order valence-electron chi connectivity index (χ4n) is 2.90. The van der Waals surface area contributed by atoms with Crippen molar-refractivity contribution in [2.45, 2.75) is 4.90 Å². The van der Waals surface area contributed by atoms with Gasteiger partial charge >= 0.3 is 0 Å². The van der Waals surface area contributed by atoms with Crippen LogP contribution >= 0.6 is 23.4 Å². The Bertz CT molecular complexity index is 617. The molecule has 0 bridgehead atoms. The highest BCUT2D eigenvalue weighted by atomic mass is 35.5. The van der Waals surface area contributed by atoms with Crippen LogP contribution in [0.5, 0.6) is 0 Å². The lowest BCUT2D eigenvalue weighted by Crippen LogP contribution is -2.42. The van der Waals surface area contributed by atoms with Crippen molar-refractivity contribution < 1.29 is 4.74 Å². The van der Waals surface area contributed by atoms with E-state index in [0.717, 1.165) is 56.7 Å². The quantitative estimate of drug-likeness (QED) is 0.639. The van der Waals surface area contributed by atoms with Gasteiger partial charge in [0.2, 0.25) is 0 Å². The molecule has 1 aliphatic rings. The highest BCUT2D eigenvalue weighted by molar-refractivity contribution is 7.99. The molecular weight excluding hydrogens is 352 g/mol. The van der Waals surface area contributed by atoms with E-state index in [1.165, 1.54) is 10.6 Å². The Hall–Kier alpha value is -1.20. The highest BCUT2D eigenvalue weighted by Gasteiger charge is 2.13. The maximum atomic E-state index is 5.96. The van der Waals surface area contributed by atoms with Crippen molar-refractivity contribution in [2.24, 2.45) is 0 Å². The average molecular weight is 377 g/mol. The zero-order chi connectivity index (χ0) is 17.3. The minimum atomic E-state index is 0.792. The summed E-state index contributed by atoms with van der Waals surface area (Å²) in [5.74, 6) is 1.06. The van der Waals surface area contributed by atoms with E-state index in [-0.39, 0.29) is 0 Å². The maximum absolute atomic E-state index is 5.96. The van der Waals surface area contributed by atoms with Crippen LogP contribution in [0.15, 0.2) is 59.5 Å². The van der Waals surface area contributed by atoms with Gasteiger partial charge in [0.15, 0.2) is 0 Å². The molecule has 1 fully saturated rings. The van der Waals surface area contributed by atoms with E-state index in [4.69, 9.17) is 16.3 Å². The minimum Gasteiger partial charge on any atom is -0.379 e. The fourth-order valence-corrected chi connectivity index (χ4v) is 3.90. The summed E-state index contributed by atoms with van der Waals surface area (Å²) in [6, 6.07) is 18.8. The molecule has 0 atom stereocenters. The molecule has 0 spiro atoms. The summed E-state index contributed by atoms with van der Waals surface area (Å²) in [4.78, 5) is 6.25. The molecule has 2 aromatic carbocycles. The SMILES string of the molecule is Clc1ccc(SCCN(CCN2CCOCC2)c2ccccc2)cc1. The van der Waals surface area contributed by atoms with Crippen LogP contribution in [0.2, 0.25) is 5.02 Å². The fraction of sp³-hybridized carbons (Fsp3) is 0.400. The molecule has 5 heteroatoms. The van der Waals surface area contributed by atoms with Crippen LogP contribution in [0.1, 0.15) is 0 Å². The molecule has 2 aromatic rings. The summed E-state index contributed by atoms with van der Waals surface area (Å²) in [7, 11) is 0. The average Bonchev–Trinajstić information content (AvgIpc) is 2.67. The van der Waals surface area contributed by atoms with E-state index in [9.17, 15) is 0 Å². The van der Waals surface area contributed by atoms with Crippen LogP contribution in [0.25, 0.3) is 0 Å². The van der Waals surface area contributed by atoms with E-state index in [0.29, 0.717) is 0 Å². The Kier molecular flexibility index (Phi) is 7.49. The predicted molar refractivity (Wildman–Crippen MR) is 108 cm³/mol. The maximum Gasteiger partial charge on any atom is 0.0594 e. The lowest BCUT2D eigenvalue weighted by molar-refractivity contribution is 0.0392. The van der Waals surface area contributed by atoms with Crippen molar-refractivity contribution in [3.05, 3.63) is 59.6 Å². The van der Waals surface area contributed by atoms with Crippen molar-refractivity contribution in [1.29, 1.82) is 0 Å². The van der Waals surface area contributed by atoms with Crippen LogP contribution in [-0.4, -0.2) is 56.6 Å². The number of anilines is 1. The van der Waals surface area contributed by atoms with Crippen molar-refractivity contribution >= 4 is 29.1 Å². The van der Waals surface area contributed by atoms with Crippen LogP contribution in [0.3, 0.4) is 0 Å². The standard InChI is InChI=1S/C20H25ClN2OS/c21-18-6-8-20(9-7-18)25-17-14-23(19-4-2-1-3-5-19)11-10-22-12-15-24-16-13-22/h1-9H,10-17H2. The van der Waals surface area contributed by atoms with Gasteiger partial charge in [0.1, 0.15) is 0 Å². The van der Waals surface area contributed by atoms with Gasteiger partial charge in [-0.25, -0.2) is 0 Å². The molecule has 1 aliphatic heterocycles. The topological polar surface area (TPSA) is 15.7 Å². The zero-order valence-electron chi connectivity index (χ0n) is 14.4. The van der Waals surface area contributed by atoms with Crippen molar-refractivity contribution in [3.63, 3.8) is 0 Å². The third-order valence-corrected chi connectivity index (χ3v) is 5.60. The molecular formula is C20H25ClN2OS. The number of ether oxygens (including phenoxy) is 1. The van der Waals surface area contributed by atoms with Crippen molar-refractivity contribution in [1.82, 2.24) is 4.90 Å². The Balaban J connectivity index is 1.53. The largest absolute Gasteiger partial charge is 0.379 e. The number of nitrogens with zero attached hydrogens (tertiary/aromatic N) is 2. The number of hydrogen-bond acceptors (Lipinski definition) is 4. The van der Waals surface area contributed by atoms with E-state index >= 15 is 0 Å². The second kappa shape index (κ2) is 10.1. The first-order valence-electron chi connectivity index (χ1n) is 8.80. The van der Waals surface area contributed by atoms with Crippen LogP contribution in [0.4, 0.5) is 5.69 Å². The predicted octanol–water partition coefficient (Wildman–Crippen LogP) is 4.27. The smallest absolute Gasteiger partial charge is 0.0594 e.